The second kappa shape index (κ2) is 4.98. The molecule has 0 saturated carbocycles. The zero-order valence-electron chi connectivity index (χ0n) is 9.90. The summed E-state index contributed by atoms with van der Waals surface area (Å²) in [5.41, 5.74) is 5.39. The van der Waals surface area contributed by atoms with E-state index in [0.29, 0.717) is 0 Å². The molecule has 0 spiro atoms. The number of hydrogen-bond acceptors (Lipinski definition) is 0. The molecule has 0 unspecified atom stereocenters. The van der Waals surface area contributed by atoms with Crippen LogP contribution in [0, 0.1) is 20.3 Å². The lowest BCUT2D eigenvalue weighted by Crippen LogP contribution is -1.91. The van der Waals surface area contributed by atoms with Crippen LogP contribution in [0.4, 0.5) is 0 Å². The van der Waals surface area contributed by atoms with Crippen molar-refractivity contribution >= 4 is 0 Å². The minimum Gasteiger partial charge on any atom is -0.0620 e. The Morgan fingerprint density at radius 2 is 1.75 bits per heavy atom. The van der Waals surface area contributed by atoms with Crippen LogP contribution in [-0.2, 0) is 6.42 Å². The maximum absolute atomic E-state index is 2.30. The fourth-order valence-corrected chi connectivity index (χ4v) is 1.88. The van der Waals surface area contributed by atoms with Gasteiger partial charge in [-0.15, -0.1) is 0 Å². The molecule has 16 heavy (non-hydrogen) atoms. The highest BCUT2D eigenvalue weighted by Gasteiger charge is 1.99. The lowest BCUT2D eigenvalue weighted by molar-refractivity contribution is 1.14. The van der Waals surface area contributed by atoms with Crippen LogP contribution in [0.3, 0.4) is 0 Å². The van der Waals surface area contributed by atoms with Crippen molar-refractivity contribution in [2.24, 2.45) is 0 Å². The van der Waals surface area contributed by atoms with E-state index in [2.05, 4.69) is 68.8 Å². The number of aryl methyl sites for hydroxylation is 2. The summed E-state index contributed by atoms with van der Waals surface area (Å²) in [4.78, 5) is 0. The molecule has 0 atom stereocenters. The van der Waals surface area contributed by atoms with Crippen LogP contribution in [-0.4, -0.2) is 0 Å². The lowest BCUT2D eigenvalue weighted by Gasteiger charge is -2.05. The molecule has 0 aliphatic heterocycles. The van der Waals surface area contributed by atoms with Gasteiger partial charge in [0, 0.05) is 0 Å². The van der Waals surface area contributed by atoms with Crippen LogP contribution in [0.15, 0.2) is 48.5 Å². The molecular weight excluding hydrogens is 192 g/mol. The molecule has 0 N–H and O–H groups in total. The number of rotatable bonds is 3. The molecule has 2 aromatic carbocycles. The SMILES string of the molecule is Cc1cccc(C[CH]c2ccccc2C)c1. The minimum absolute atomic E-state index is 1.01. The molecule has 0 nitrogen and oxygen atoms in total. The average molecular weight is 209 g/mol. The summed E-state index contributed by atoms with van der Waals surface area (Å²) < 4.78 is 0. The summed E-state index contributed by atoms with van der Waals surface area (Å²) in [5.74, 6) is 0. The van der Waals surface area contributed by atoms with Crippen molar-refractivity contribution in [1.82, 2.24) is 0 Å². The Hall–Kier alpha value is -1.56. The molecule has 0 bridgehead atoms. The van der Waals surface area contributed by atoms with Crippen LogP contribution >= 0.6 is 0 Å². The van der Waals surface area contributed by atoms with E-state index in [1.807, 2.05) is 0 Å². The normalized spacial score (nSPS) is 10.4. The third kappa shape index (κ3) is 2.73. The van der Waals surface area contributed by atoms with Gasteiger partial charge in [-0.05, 0) is 43.4 Å². The van der Waals surface area contributed by atoms with Gasteiger partial charge in [0.1, 0.15) is 0 Å². The monoisotopic (exact) mass is 209 g/mol. The van der Waals surface area contributed by atoms with Crippen molar-refractivity contribution in [3.63, 3.8) is 0 Å². The zero-order chi connectivity index (χ0) is 11.4. The predicted molar refractivity (Wildman–Crippen MR) is 69.5 cm³/mol. The van der Waals surface area contributed by atoms with Gasteiger partial charge in [0.15, 0.2) is 0 Å². The topological polar surface area (TPSA) is 0 Å². The Balaban J connectivity index is 2.05. The minimum atomic E-state index is 1.01. The Labute approximate surface area is 97.9 Å². The van der Waals surface area contributed by atoms with Crippen molar-refractivity contribution in [1.29, 1.82) is 0 Å². The van der Waals surface area contributed by atoms with Crippen molar-refractivity contribution in [2.45, 2.75) is 20.3 Å². The van der Waals surface area contributed by atoms with E-state index in [1.165, 1.54) is 22.3 Å². The third-order valence-corrected chi connectivity index (χ3v) is 2.83. The van der Waals surface area contributed by atoms with Gasteiger partial charge in [-0.2, -0.15) is 0 Å². The van der Waals surface area contributed by atoms with E-state index in [9.17, 15) is 0 Å². The average Bonchev–Trinajstić information content (AvgIpc) is 2.28. The Kier molecular flexibility index (Phi) is 3.40. The smallest absolute Gasteiger partial charge is 0.00467 e. The first kappa shape index (κ1) is 10.9. The molecule has 81 valence electrons. The van der Waals surface area contributed by atoms with Gasteiger partial charge in [-0.1, -0.05) is 54.1 Å². The molecule has 2 aromatic rings. The van der Waals surface area contributed by atoms with Crippen LogP contribution in [0.1, 0.15) is 22.3 Å². The molecule has 0 amide bonds. The Bertz CT molecular complexity index is 469. The molecule has 0 heteroatoms. The first-order chi connectivity index (χ1) is 7.75. The van der Waals surface area contributed by atoms with E-state index >= 15 is 0 Å². The molecule has 0 heterocycles. The van der Waals surface area contributed by atoms with Gasteiger partial charge in [0.05, 0.1) is 0 Å². The summed E-state index contributed by atoms with van der Waals surface area (Å²) in [6.07, 6.45) is 3.30. The predicted octanol–water partition coefficient (Wildman–Crippen LogP) is 4.10. The summed E-state index contributed by atoms with van der Waals surface area (Å²) in [7, 11) is 0. The second-order valence-corrected chi connectivity index (χ2v) is 4.25. The van der Waals surface area contributed by atoms with E-state index in [1.54, 1.807) is 0 Å². The Morgan fingerprint density at radius 1 is 0.938 bits per heavy atom. The molecule has 1 radical (unpaired) electrons. The van der Waals surface area contributed by atoms with E-state index in [0.717, 1.165) is 6.42 Å². The van der Waals surface area contributed by atoms with E-state index < -0.39 is 0 Å². The summed E-state index contributed by atoms with van der Waals surface area (Å²) in [5, 5.41) is 0. The highest BCUT2D eigenvalue weighted by Crippen LogP contribution is 2.14. The molecule has 0 aliphatic rings. The van der Waals surface area contributed by atoms with Crippen LogP contribution in [0.5, 0.6) is 0 Å². The van der Waals surface area contributed by atoms with Gasteiger partial charge in [0.25, 0.3) is 0 Å². The number of hydrogen-bond donors (Lipinski definition) is 0. The van der Waals surface area contributed by atoms with Crippen molar-refractivity contribution in [2.75, 3.05) is 0 Å². The molecule has 0 aromatic heterocycles. The molecular formula is C16H17. The fraction of sp³-hybridized carbons (Fsp3) is 0.188. The van der Waals surface area contributed by atoms with Gasteiger partial charge in [0.2, 0.25) is 0 Å². The van der Waals surface area contributed by atoms with Gasteiger partial charge < -0.3 is 0 Å². The Morgan fingerprint density at radius 3 is 2.50 bits per heavy atom. The summed E-state index contributed by atoms with van der Waals surface area (Å²) in [6, 6.07) is 17.2. The van der Waals surface area contributed by atoms with Gasteiger partial charge >= 0.3 is 0 Å². The molecule has 0 aliphatic carbocycles. The third-order valence-electron chi connectivity index (χ3n) is 2.83. The fourth-order valence-electron chi connectivity index (χ4n) is 1.88. The first-order valence-corrected chi connectivity index (χ1v) is 5.70. The number of benzene rings is 2. The van der Waals surface area contributed by atoms with Crippen LogP contribution in [0.2, 0.25) is 0 Å². The van der Waals surface area contributed by atoms with E-state index in [4.69, 9.17) is 0 Å². The highest BCUT2D eigenvalue weighted by atomic mass is 14.0. The van der Waals surface area contributed by atoms with Crippen molar-refractivity contribution < 1.29 is 0 Å². The van der Waals surface area contributed by atoms with Crippen molar-refractivity contribution in [3.8, 4) is 0 Å². The first-order valence-electron chi connectivity index (χ1n) is 5.70. The van der Waals surface area contributed by atoms with Crippen LogP contribution in [0.25, 0.3) is 0 Å². The standard InChI is InChI=1S/C16H17/c1-13-6-5-8-15(12-13)10-11-16-9-4-3-7-14(16)2/h3-9,11-12H,10H2,1-2H3. The maximum Gasteiger partial charge on any atom is -0.00467 e. The van der Waals surface area contributed by atoms with Crippen molar-refractivity contribution in [3.05, 3.63) is 77.2 Å². The molecule has 0 fully saturated rings. The van der Waals surface area contributed by atoms with Crippen LogP contribution < -0.4 is 0 Å². The summed E-state index contributed by atoms with van der Waals surface area (Å²) in [6.45, 7) is 4.29. The quantitative estimate of drug-likeness (QED) is 0.714. The molecule has 0 saturated heterocycles. The highest BCUT2D eigenvalue weighted by molar-refractivity contribution is 5.34. The van der Waals surface area contributed by atoms with Gasteiger partial charge in [-0.3, -0.25) is 0 Å². The summed E-state index contributed by atoms with van der Waals surface area (Å²) >= 11 is 0. The maximum atomic E-state index is 2.30. The van der Waals surface area contributed by atoms with E-state index in [-0.39, 0.29) is 0 Å². The van der Waals surface area contributed by atoms with Gasteiger partial charge in [-0.25, -0.2) is 0 Å². The largest absolute Gasteiger partial charge is 0.0620 e. The molecule has 2 rings (SSSR count). The lowest BCUT2D eigenvalue weighted by atomic mass is 10.00. The zero-order valence-corrected chi connectivity index (χ0v) is 9.90. The second-order valence-electron chi connectivity index (χ2n) is 4.25.